The van der Waals surface area contributed by atoms with Crippen molar-refractivity contribution in [2.75, 3.05) is 0 Å². The quantitative estimate of drug-likeness (QED) is 0.761. The molecule has 0 aliphatic carbocycles. The first-order valence-corrected chi connectivity index (χ1v) is 6.68. The van der Waals surface area contributed by atoms with Gasteiger partial charge in [0.15, 0.2) is 0 Å². The number of rotatable bonds is 3. The van der Waals surface area contributed by atoms with Crippen LogP contribution in [0.3, 0.4) is 0 Å². The molecule has 0 aliphatic rings. The number of halogens is 3. The summed E-state index contributed by atoms with van der Waals surface area (Å²) < 4.78 is 5.63. The zero-order valence-electron chi connectivity index (χ0n) is 10.3. The van der Waals surface area contributed by atoms with E-state index in [2.05, 4.69) is 0 Å². The summed E-state index contributed by atoms with van der Waals surface area (Å²) >= 11 is 17.8. The van der Waals surface area contributed by atoms with Crippen LogP contribution in [0.15, 0.2) is 30.3 Å². The molecule has 2 aromatic carbocycles. The number of benzene rings is 2. The zero-order chi connectivity index (χ0) is 14.9. The first-order valence-electron chi connectivity index (χ1n) is 5.55. The third kappa shape index (κ3) is 3.18. The van der Waals surface area contributed by atoms with E-state index in [0.29, 0.717) is 26.6 Å². The molecule has 104 valence electrons. The summed E-state index contributed by atoms with van der Waals surface area (Å²) in [5.74, 6) is -0.327. The van der Waals surface area contributed by atoms with Crippen LogP contribution in [0, 0.1) is 6.92 Å². The molecule has 1 N–H and O–H groups in total. The van der Waals surface area contributed by atoms with Crippen molar-refractivity contribution in [1.29, 1.82) is 0 Å². The molecule has 2 aromatic rings. The molecule has 6 heteroatoms. The highest BCUT2D eigenvalue weighted by molar-refractivity contribution is 6.43. The Labute approximate surface area is 130 Å². The standard InChI is InChI=1S/C14H9Cl3O3/c1-7-2-3-8(14(18)19)4-12(7)20-13-6-10(16)9(15)5-11(13)17/h2-6H,1H3,(H,18,19). The van der Waals surface area contributed by atoms with Gasteiger partial charge >= 0.3 is 5.97 Å². The minimum absolute atomic E-state index is 0.127. The van der Waals surface area contributed by atoms with Gasteiger partial charge in [0.05, 0.1) is 20.6 Å². The van der Waals surface area contributed by atoms with Crippen LogP contribution in [-0.2, 0) is 0 Å². The van der Waals surface area contributed by atoms with Gasteiger partial charge in [-0.2, -0.15) is 0 Å². The molecule has 0 aliphatic heterocycles. The Morgan fingerprint density at radius 3 is 2.30 bits per heavy atom. The third-order valence-corrected chi connectivity index (χ3v) is 3.65. The Morgan fingerprint density at radius 1 is 1.00 bits per heavy atom. The smallest absolute Gasteiger partial charge is 0.335 e. The van der Waals surface area contributed by atoms with E-state index in [0.717, 1.165) is 5.56 Å². The van der Waals surface area contributed by atoms with E-state index in [9.17, 15) is 4.79 Å². The van der Waals surface area contributed by atoms with Gasteiger partial charge in [-0.15, -0.1) is 0 Å². The molecule has 20 heavy (non-hydrogen) atoms. The van der Waals surface area contributed by atoms with Crippen LogP contribution < -0.4 is 4.74 Å². The Balaban J connectivity index is 2.42. The van der Waals surface area contributed by atoms with Gasteiger partial charge in [-0.1, -0.05) is 40.9 Å². The Kier molecular flexibility index (Phi) is 4.43. The molecular formula is C14H9Cl3O3. The number of aryl methyl sites for hydroxylation is 1. The molecule has 0 bridgehead atoms. The fourth-order valence-corrected chi connectivity index (χ4v) is 2.12. The van der Waals surface area contributed by atoms with Crippen molar-refractivity contribution in [3.63, 3.8) is 0 Å². The van der Waals surface area contributed by atoms with Crippen LogP contribution in [-0.4, -0.2) is 11.1 Å². The number of hydrogen-bond donors (Lipinski definition) is 1. The average Bonchev–Trinajstić information content (AvgIpc) is 2.38. The molecule has 0 saturated heterocycles. The Morgan fingerprint density at radius 2 is 1.65 bits per heavy atom. The number of carbonyl (C=O) groups is 1. The van der Waals surface area contributed by atoms with Gasteiger partial charge in [-0.05, 0) is 30.7 Å². The average molecular weight is 332 g/mol. The summed E-state index contributed by atoms with van der Waals surface area (Å²) in [7, 11) is 0. The molecule has 3 nitrogen and oxygen atoms in total. The lowest BCUT2D eigenvalue weighted by atomic mass is 10.1. The minimum Gasteiger partial charge on any atom is -0.478 e. The van der Waals surface area contributed by atoms with Crippen LogP contribution in [0.5, 0.6) is 11.5 Å². The summed E-state index contributed by atoms with van der Waals surface area (Å²) in [5, 5.41) is 9.90. The van der Waals surface area contributed by atoms with Crippen molar-refractivity contribution in [3.05, 3.63) is 56.5 Å². The second-order valence-electron chi connectivity index (χ2n) is 4.08. The number of carboxylic acids is 1. The maximum atomic E-state index is 11.0. The van der Waals surface area contributed by atoms with E-state index in [1.165, 1.54) is 24.3 Å². The highest BCUT2D eigenvalue weighted by atomic mass is 35.5. The molecular weight excluding hydrogens is 323 g/mol. The van der Waals surface area contributed by atoms with Crippen molar-refractivity contribution in [2.24, 2.45) is 0 Å². The predicted octanol–water partition coefficient (Wildman–Crippen LogP) is 5.45. The number of carboxylic acid groups (broad SMARTS) is 1. The Bertz CT molecular complexity index is 684. The van der Waals surface area contributed by atoms with Gasteiger partial charge in [-0.3, -0.25) is 0 Å². The summed E-state index contributed by atoms with van der Waals surface area (Å²) in [6.45, 7) is 1.80. The van der Waals surface area contributed by atoms with E-state index < -0.39 is 5.97 Å². The fourth-order valence-electron chi connectivity index (χ4n) is 1.54. The topological polar surface area (TPSA) is 46.5 Å². The normalized spacial score (nSPS) is 10.4. The molecule has 0 amide bonds. The van der Waals surface area contributed by atoms with Crippen LogP contribution in [0.25, 0.3) is 0 Å². The Hall–Kier alpha value is -1.42. The van der Waals surface area contributed by atoms with Crippen molar-refractivity contribution in [2.45, 2.75) is 6.92 Å². The van der Waals surface area contributed by atoms with Gasteiger partial charge < -0.3 is 9.84 Å². The maximum Gasteiger partial charge on any atom is 0.335 e. The molecule has 0 fully saturated rings. The van der Waals surface area contributed by atoms with Crippen LogP contribution in [0.2, 0.25) is 15.1 Å². The highest BCUT2D eigenvalue weighted by Crippen LogP contribution is 2.37. The van der Waals surface area contributed by atoms with Gasteiger partial charge in [0.2, 0.25) is 0 Å². The SMILES string of the molecule is Cc1ccc(C(=O)O)cc1Oc1cc(Cl)c(Cl)cc1Cl. The second kappa shape index (κ2) is 5.92. The van der Waals surface area contributed by atoms with Crippen molar-refractivity contribution in [3.8, 4) is 11.5 Å². The van der Waals surface area contributed by atoms with Crippen LogP contribution in [0.4, 0.5) is 0 Å². The van der Waals surface area contributed by atoms with E-state index in [-0.39, 0.29) is 5.56 Å². The first kappa shape index (κ1) is 15.0. The largest absolute Gasteiger partial charge is 0.478 e. The second-order valence-corrected chi connectivity index (χ2v) is 5.31. The number of ether oxygens (including phenoxy) is 1. The molecule has 0 atom stereocenters. The summed E-state index contributed by atoms with van der Waals surface area (Å²) in [5.41, 5.74) is 0.902. The lowest BCUT2D eigenvalue weighted by Crippen LogP contribution is -1.98. The highest BCUT2D eigenvalue weighted by Gasteiger charge is 2.12. The molecule has 0 heterocycles. The molecule has 0 saturated carbocycles. The zero-order valence-corrected chi connectivity index (χ0v) is 12.6. The monoisotopic (exact) mass is 330 g/mol. The van der Waals surface area contributed by atoms with Crippen LogP contribution in [0.1, 0.15) is 15.9 Å². The van der Waals surface area contributed by atoms with Gasteiger partial charge in [0.1, 0.15) is 11.5 Å². The predicted molar refractivity (Wildman–Crippen MR) is 79.7 cm³/mol. The van der Waals surface area contributed by atoms with E-state index in [1.807, 2.05) is 0 Å². The molecule has 0 unspecified atom stereocenters. The van der Waals surface area contributed by atoms with E-state index in [4.69, 9.17) is 44.6 Å². The van der Waals surface area contributed by atoms with Crippen LogP contribution >= 0.6 is 34.8 Å². The first-order chi connectivity index (χ1) is 9.38. The molecule has 0 radical (unpaired) electrons. The molecule has 0 aromatic heterocycles. The van der Waals surface area contributed by atoms with Crippen molar-refractivity contribution < 1.29 is 14.6 Å². The van der Waals surface area contributed by atoms with Crippen molar-refractivity contribution >= 4 is 40.8 Å². The number of aromatic carboxylic acids is 1. The summed E-state index contributed by atoms with van der Waals surface area (Å²) in [6.07, 6.45) is 0. The third-order valence-electron chi connectivity index (χ3n) is 2.63. The fraction of sp³-hybridized carbons (Fsp3) is 0.0714. The summed E-state index contributed by atoms with van der Waals surface area (Å²) in [6, 6.07) is 7.54. The van der Waals surface area contributed by atoms with Gasteiger partial charge in [0, 0.05) is 6.07 Å². The lowest BCUT2D eigenvalue weighted by molar-refractivity contribution is 0.0696. The van der Waals surface area contributed by atoms with Gasteiger partial charge in [-0.25, -0.2) is 4.79 Å². The lowest BCUT2D eigenvalue weighted by Gasteiger charge is -2.11. The summed E-state index contributed by atoms with van der Waals surface area (Å²) in [4.78, 5) is 11.0. The molecule has 2 rings (SSSR count). The van der Waals surface area contributed by atoms with Crippen molar-refractivity contribution in [1.82, 2.24) is 0 Å². The van der Waals surface area contributed by atoms with Gasteiger partial charge in [0.25, 0.3) is 0 Å². The maximum absolute atomic E-state index is 11.0. The van der Waals surface area contributed by atoms with E-state index in [1.54, 1.807) is 13.0 Å². The minimum atomic E-state index is -1.03. The van der Waals surface area contributed by atoms with E-state index >= 15 is 0 Å². The molecule has 0 spiro atoms. The number of hydrogen-bond acceptors (Lipinski definition) is 2.